The summed E-state index contributed by atoms with van der Waals surface area (Å²) >= 11 is 0. The van der Waals surface area contributed by atoms with Crippen molar-refractivity contribution in [3.8, 4) is 28.7 Å². The lowest BCUT2D eigenvalue weighted by Gasteiger charge is -2.33. The molecule has 0 saturated heterocycles. The van der Waals surface area contributed by atoms with E-state index in [4.69, 9.17) is 14.7 Å². The molecule has 0 aromatic heterocycles. The quantitative estimate of drug-likeness (QED) is 0.500. The Morgan fingerprint density at radius 3 is 2.44 bits per heavy atom. The molecule has 4 rings (SSSR count). The molecular formula is C27H25FN2O2. The van der Waals surface area contributed by atoms with Crippen LogP contribution in [-0.4, -0.2) is 12.6 Å². The first-order valence-electron chi connectivity index (χ1n) is 10.4. The number of nitriles is 1. The van der Waals surface area contributed by atoms with Gasteiger partial charge in [-0.1, -0.05) is 12.1 Å². The monoisotopic (exact) mass is 428 g/mol. The Hall–Kier alpha value is -3.78. The molecule has 0 aliphatic carbocycles. The van der Waals surface area contributed by atoms with Gasteiger partial charge in [-0.2, -0.15) is 5.26 Å². The van der Waals surface area contributed by atoms with E-state index >= 15 is 0 Å². The Morgan fingerprint density at radius 1 is 1.03 bits per heavy atom. The SMILES string of the molecule is COc1cc(F)ccc1-c1ccc2c(c1COc1ccc(C#N)cc1)C(C)=CC(C)(C)N2. The van der Waals surface area contributed by atoms with Crippen LogP contribution in [-0.2, 0) is 6.61 Å². The summed E-state index contributed by atoms with van der Waals surface area (Å²) in [6.07, 6.45) is 2.20. The van der Waals surface area contributed by atoms with Crippen molar-refractivity contribution in [2.45, 2.75) is 32.9 Å². The maximum absolute atomic E-state index is 13.9. The van der Waals surface area contributed by atoms with E-state index in [1.165, 1.54) is 12.1 Å². The predicted octanol–water partition coefficient (Wildman–Crippen LogP) is 6.56. The average molecular weight is 429 g/mol. The van der Waals surface area contributed by atoms with Crippen molar-refractivity contribution < 1.29 is 13.9 Å². The van der Waals surface area contributed by atoms with Crippen molar-refractivity contribution in [3.63, 3.8) is 0 Å². The molecule has 0 unspecified atom stereocenters. The van der Waals surface area contributed by atoms with Gasteiger partial charge < -0.3 is 14.8 Å². The number of methoxy groups -OCH3 is 1. The lowest BCUT2D eigenvalue weighted by molar-refractivity contribution is 0.306. The first-order chi connectivity index (χ1) is 15.3. The molecule has 5 heteroatoms. The predicted molar refractivity (Wildman–Crippen MR) is 125 cm³/mol. The van der Waals surface area contributed by atoms with Crippen molar-refractivity contribution in [2.24, 2.45) is 0 Å². The molecule has 0 bridgehead atoms. The van der Waals surface area contributed by atoms with Gasteiger partial charge in [0, 0.05) is 28.4 Å². The van der Waals surface area contributed by atoms with Gasteiger partial charge in [-0.3, -0.25) is 0 Å². The zero-order valence-corrected chi connectivity index (χ0v) is 18.6. The van der Waals surface area contributed by atoms with Crippen molar-refractivity contribution >= 4 is 11.3 Å². The van der Waals surface area contributed by atoms with Gasteiger partial charge in [-0.25, -0.2) is 4.39 Å². The lowest BCUT2D eigenvalue weighted by Crippen LogP contribution is -2.32. The molecule has 3 aromatic rings. The summed E-state index contributed by atoms with van der Waals surface area (Å²) in [6.45, 7) is 6.66. The highest BCUT2D eigenvalue weighted by Gasteiger charge is 2.27. The van der Waals surface area contributed by atoms with E-state index in [-0.39, 0.29) is 11.4 Å². The van der Waals surface area contributed by atoms with Crippen LogP contribution in [0.3, 0.4) is 0 Å². The molecule has 32 heavy (non-hydrogen) atoms. The Bertz CT molecular complexity index is 1240. The minimum absolute atomic E-state index is 0.169. The summed E-state index contributed by atoms with van der Waals surface area (Å²) in [5, 5.41) is 12.6. The third kappa shape index (κ3) is 4.17. The average Bonchev–Trinajstić information content (AvgIpc) is 2.77. The fourth-order valence-corrected chi connectivity index (χ4v) is 4.27. The van der Waals surface area contributed by atoms with Gasteiger partial charge in [0.2, 0.25) is 0 Å². The molecule has 0 radical (unpaired) electrons. The van der Waals surface area contributed by atoms with Gasteiger partial charge in [-0.05, 0) is 74.4 Å². The van der Waals surface area contributed by atoms with Gasteiger partial charge >= 0.3 is 0 Å². The Balaban J connectivity index is 1.83. The topological polar surface area (TPSA) is 54.3 Å². The number of halogens is 1. The van der Waals surface area contributed by atoms with Gasteiger partial charge in [0.1, 0.15) is 23.9 Å². The molecule has 1 heterocycles. The standard InChI is InChI=1S/C27H25FN2O2/c1-17-14-27(2,3)30-24-12-11-21(22-10-7-19(28)13-25(22)31-4)23(26(17)24)16-32-20-8-5-18(15-29)6-9-20/h5-14,30H,16H2,1-4H3. The number of nitrogens with zero attached hydrogens (tertiary/aromatic N) is 1. The maximum atomic E-state index is 13.9. The van der Waals surface area contributed by atoms with E-state index in [0.29, 0.717) is 23.7 Å². The summed E-state index contributed by atoms with van der Waals surface area (Å²) in [5.74, 6) is 0.790. The molecule has 1 aliphatic rings. The molecule has 3 aromatic carbocycles. The third-order valence-corrected chi connectivity index (χ3v) is 5.56. The molecule has 0 spiro atoms. The summed E-state index contributed by atoms with van der Waals surface area (Å²) in [7, 11) is 1.54. The highest BCUT2D eigenvalue weighted by molar-refractivity contribution is 5.88. The minimum atomic E-state index is -0.349. The summed E-state index contributed by atoms with van der Waals surface area (Å²) in [5.41, 5.74) is 6.35. The van der Waals surface area contributed by atoms with Crippen LogP contribution in [0.1, 0.15) is 37.5 Å². The van der Waals surface area contributed by atoms with E-state index in [1.54, 1.807) is 37.4 Å². The number of allylic oxidation sites excluding steroid dienone is 1. The van der Waals surface area contributed by atoms with E-state index in [0.717, 1.165) is 33.5 Å². The highest BCUT2D eigenvalue weighted by atomic mass is 19.1. The van der Waals surface area contributed by atoms with E-state index in [2.05, 4.69) is 44.3 Å². The van der Waals surface area contributed by atoms with Gasteiger partial charge in [0.15, 0.2) is 0 Å². The van der Waals surface area contributed by atoms with Crippen LogP contribution in [0, 0.1) is 17.1 Å². The largest absolute Gasteiger partial charge is 0.496 e. The smallest absolute Gasteiger partial charge is 0.129 e. The number of fused-ring (bicyclic) bond motifs is 1. The number of anilines is 1. The number of ether oxygens (including phenoxy) is 2. The molecular weight excluding hydrogens is 403 g/mol. The second-order valence-electron chi connectivity index (χ2n) is 8.46. The number of benzene rings is 3. The zero-order valence-electron chi connectivity index (χ0n) is 18.6. The molecule has 0 atom stereocenters. The Kier molecular flexibility index (Phi) is 5.63. The van der Waals surface area contributed by atoms with Crippen molar-refractivity contribution in [3.05, 3.63) is 83.2 Å². The van der Waals surface area contributed by atoms with Crippen LogP contribution >= 0.6 is 0 Å². The van der Waals surface area contributed by atoms with Crippen LogP contribution in [0.5, 0.6) is 11.5 Å². The van der Waals surface area contributed by atoms with E-state index < -0.39 is 0 Å². The minimum Gasteiger partial charge on any atom is -0.496 e. The second kappa shape index (κ2) is 8.39. The van der Waals surface area contributed by atoms with Crippen LogP contribution in [0.2, 0.25) is 0 Å². The maximum Gasteiger partial charge on any atom is 0.129 e. The first kappa shape index (κ1) is 21.5. The van der Waals surface area contributed by atoms with Crippen molar-refractivity contribution in [2.75, 3.05) is 12.4 Å². The number of rotatable bonds is 5. The van der Waals surface area contributed by atoms with Gasteiger partial charge in [0.25, 0.3) is 0 Å². The van der Waals surface area contributed by atoms with Crippen molar-refractivity contribution in [1.29, 1.82) is 5.26 Å². The van der Waals surface area contributed by atoms with E-state index in [1.807, 2.05) is 6.07 Å². The van der Waals surface area contributed by atoms with Crippen LogP contribution < -0.4 is 14.8 Å². The lowest BCUT2D eigenvalue weighted by atomic mass is 9.85. The molecule has 0 saturated carbocycles. The molecule has 4 nitrogen and oxygen atoms in total. The Labute approximate surface area is 187 Å². The summed E-state index contributed by atoms with van der Waals surface area (Å²) in [6, 6.07) is 17.8. The first-order valence-corrected chi connectivity index (χ1v) is 10.4. The number of hydrogen-bond donors (Lipinski definition) is 1. The number of nitrogens with one attached hydrogen (secondary N) is 1. The van der Waals surface area contributed by atoms with Crippen molar-refractivity contribution in [1.82, 2.24) is 0 Å². The van der Waals surface area contributed by atoms with Crippen LogP contribution in [0.4, 0.5) is 10.1 Å². The fraction of sp³-hybridized carbons (Fsp3) is 0.222. The van der Waals surface area contributed by atoms with Crippen LogP contribution in [0.25, 0.3) is 16.7 Å². The molecule has 1 N–H and O–H groups in total. The second-order valence-corrected chi connectivity index (χ2v) is 8.46. The third-order valence-electron chi connectivity index (χ3n) is 5.56. The molecule has 0 amide bonds. The molecule has 162 valence electrons. The van der Waals surface area contributed by atoms with Crippen LogP contribution in [0.15, 0.2) is 60.7 Å². The summed E-state index contributed by atoms with van der Waals surface area (Å²) < 4.78 is 25.5. The van der Waals surface area contributed by atoms with Gasteiger partial charge in [0.05, 0.1) is 24.3 Å². The number of hydrogen-bond acceptors (Lipinski definition) is 4. The zero-order chi connectivity index (χ0) is 22.9. The Morgan fingerprint density at radius 2 is 1.75 bits per heavy atom. The molecule has 0 fully saturated rings. The van der Waals surface area contributed by atoms with Gasteiger partial charge in [-0.15, -0.1) is 0 Å². The van der Waals surface area contributed by atoms with E-state index in [9.17, 15) is 4.39 Å². The molecule has 1 aliphatic heterocycles. The highest BCUT2D eigenvalue weighted by Crippen LogP contribution is 2.42. The summed E-state index contributed by atoms with van der Waals surface area (Å²) in [4.78, 5) is 0. The fourth-order valence-electron chi connectivity index (χ4n) is 4.27. The normalized spacial score (nSPS) is 13.9.